The van der Waals surface area contributed by atoms with Crippen LogP contribution in [0.5, 0.6) is 0 Å². The molecule has 4 rings (SSSR count). The highest BCUT2D eigenvalue weighted by Gasteiger charge is 2.33. The lowest BCUT2D eigenvalue weighted by atomic mass is 10.1. The Labute approximate surface area is 195 Å². The summed E-state index contributed by atoms with van der Waals surface area (Å²) < 4.78 is 7.37. The fourth-order valence-corrected chi connectivity index (χ4v) is 4.15. The third kappa shape index (κ3) is 5.55. The molecule has 1 aliphatic heterocycles. The molecule has 1 aliphatic carbocycles. The molecule has 1 aromatic heterocycles. The van der Waals surface area contributed by atoms with Gasteiger partial charge in [-0.1, -0.05) is 0 Å². The number of ether oxygens (including phenoxy) is 1. The summed E-state index contributed by atoms with van der Waals surface area (Å²) in [5, 5.41) is 7.55. The molecule has 1 N–H and O–H groups in total. The highest BCUT2D eigenvalue weighted by molar-refractivity contribution is 5.98. The van der Waals surface area contributed by atoms with Gasteiger partial charge in [-0.3, -0.25) is 14.3 Å². The van der Waals surface area contributed by atoms with E-state index in [2.05, 4.69) is 36.1 Å². The summed E-state index contributed by atoms with van der Waals surface area (Å²) in [7, 11) is 0. The van der Waals surface area contributed by atoms with E-state index in [1.165, 1.54) is 0 Å². The Kier molecular flexibility index (Phi) is 6.74. The Morgan fingerprint density at radius 3 is 2.39 bits per heavy atom. The third-order valence-electron chi connectivity index (χ3n) is 6.12. The van der Waals surface area contributed by atoms with Crippen molar-refractivity contribution in [3.63, 3.8) is 0 Å². The average molecular weight is 454 g/mol. The van der Waals surface area contributed by atoms with E-state index in [0.29, 0.717) is 23.8 Å². The van der Waals surface area contributed by atoms with Crippen LogP contribution in [0.4, 0.5) is 11.4 Å². The number of hydrogen-bond acceptors (Lipinski definition) is 5. The first-order valence-electron chi connectivity index (χ1n) is 11.9. The maximum absolute atomic E-state index is 13.2. The van der Waals surface area contributed by atoms with Crippen molar-refractivity contribution >= 4 is 23.2 Å². The van der Waals surface area contributed by atoms with Crippen LogP contribution in [0.3, 0.4) is 0 Å². The van der Waals surface area contributed by atoms with E-state index in [1.807, 2.05) is 41.9 Å². The molecule has 33 heavy (non-hydrogen) atoms. The van der Waals surface area contributed by atoms with E-state index in [1.54, 1.807) is 4.90 Å². The van der Waals surface area contributed by atoms with Gasteiger partial charge in [0.2, 0.25) is 5.91 Å². The molecule has 2 fully saturated rings. The zero-order valence-corrected chi connectivity index (χ0v) is 20.1. The van der Waals surface area contributed by atoms with Gasteiger partial charge in [0.15, 0.2) is 5.69 Å². The van der Waals surface area contributed by atoms with Gasteiger partial charge in [0.05, 0.1) is 18.8 Å². The number of carbonyl (C=O) groups excluding carboxylic acids is 2. The Hall–Kier alpha value is -2.87. The molecular formula is C25H35N5O3. The molecule has 1 saturated heterocycles. The third-order valence-corrected chi connectivity index (χ3v) is 6.12. The normalized spacial score (nSPS) is 16.5. The molecule has 1 aromatic carbocycles. The van der Waals surface area contributed by atoms with Crippen LogP contribution in [0, 0.1) is 0 Å². The van der Waals surface area contributed by atoms with Gasteiger partial charge in [0.25, 0.3) is 5.91 Å². The fraction of sp³-hybridized carbons (Fsp3) is 0.560. The Morgan fingerprint density at radius 2 is 1.82 bits per heavy atom. The maximum atomic E-state index is 13.2. The van der Waals surface area contributed by atoms with Gasteiger partial charge < -0.3 is 19.9 Å². The SMILES string of the molecule is CCN(CC(=O)Nc1ccc(N2CCOCC2)cc1)C(=O)c1cc(C2CC2)n(C(C)(C)C)n1. The average Bonchev–Trinajstić information content (AvgIpc) is 3.54. The number of nitrogens with one attached hydrogen (secondary N) is 1. The molecule has 0 radical (unpaired) electrons. The number of aromatic nitrogens is 2. The summed E-state index contributed by atoms with van der Waals surface area (Å²) in [6.45, 7) is 11.8. The highest BCUT2D eigenvalue weighted by Crippen LogP contribution is 2.41. The Balaban J connectivity index is 1.39. The molecule has 2 heterocycles. The van der Waals surface area contributed by atoms with Crippen LogP contribution in [-0.2, 0) is 15.1 Å². The minimum atomic E-state index is -0.220. The molecule has 2 aromatic rings. The molecule has 0 atom stereocenters. The molecule has 8 heteroatoms. The van der Waals surface area contributed by atoms with E-state index < -0.39 is 0 Å². The quantitative estimate of drug-likeness (QED) is 0.695. The zero-order valence-electron chi connectivity index (χ0n) is 20.1. The lowest BCUT2D eigenvalue weighted by Crippen LogP contribution is -2.38. The van der Waals surface area contributed by atoms with E-state index in [9.17, 15) is 9.59 Å². The first-order valence-corrected chi connectivity index (χ1v) is 11.9. The van der Waals surface area contributed by atoms with Gasteiger partial charge in [-0.15, -0.1) is 0 Å². The number of amides is 2. The van der Waals surface area contributed by atoms with Crippen molar-refractivity contribution < 1.29 is 14.3 Å². The minimum Gasteiger partial charge on any atom is -0.378 e. The molecular weight excluding hydrogens is 418 g/mol. The molecule has 8 nitrogen and oxygen atoms in total. The molecule has 2 amide bonds. The lowest BCUT2D eigenvalue weighted by Gasteiger charge is -2.29. The van der Waals surface area contributed by atoms with Gasteiger partial charge in [-0.2, -0.15) is 5.10 Å². The second-order valence-corrected chi connectivity index (χ2v) is 9.83. The summed E-state index contributed by atoms with van der Waals surface area (Å²) in [6.07, 6.45) is 2.28. The van der Waals surface area contributed by atoms with E-state index >= 15 is 0 Å². The molecule has 1 saturated carbocycles. The van der Waals surface area contributed by atoms with Crippen LogP contribution in [0.15, 0.2) is 30.3 Å². The minimum absolute atomic E-state index is 0.0122. The maximum Gasteiger partial charge on any atom is 0.274 e. The number of morpholine rings is 1. The number of hydrogen-bond donors (Lipinski definition) is 1. The van der Waals surface area contributed by atoms with Gasteiger partial charge in [-0.05, 0) is 70.9 Å². The van der Waals surface area contributed by atoms with Crippen molar-refractivity contribution in [3.8, 4) is 0 Å². The largest absolute Gasteiger partial charge is 0.378 e. The van der Waals surface area contributed by atoms with Crippen LogP contribution >= 0.6 is 0 Å². The van der Waals surface area contributed by atoms with Crippen LogP contribution < -0.4 is 10.2 Å². The second kappa shape index (κ2) is 9.55. The number of nitrogens with zero attached hydrogens (tertiary/aromatic N) is 4. The van der Waals surface area contributed by atoms with Crippen LogP contribution in [0.1, 0.15) is 62.6 Å². The first-order chi connectivity index (χ1) is 15.8. The van der Waals surface area contributed by atoms with E-state index in [0.717, 1.165) is 50.5 Å². The lowest BCUT2D eigenvalue weighted by molar-refractivity contribution is -0.116. The summed E-state index contributed by atoms with van der Waals surface area (Å²) in [5.41, 5.74) is 3.16. The highest BCUT2D eigenvalue weighted by atomic mass is 16.5. The van der Waals surface area contributed by atoms with Crippen LogP contribution in [0.2, 0.25) is 0 Å². The molecule has 0 bridgehead atoms. The van der Waals surface area contributed by atoms with Crippen molar-refractivity contribution in [2.24, 2.45) is 0 Å². The number of rotatable bonds is 7. The number of carbonyl (C=O) groups is 2. The summed E-state index contributed by atoms with van der Waals surface area (Å²) >= 11 is 0. The topological polar surface area (TPSA) is 79.7 Å². The molecule has 178 valence electrons. The van der Waals surface area contributed by atoms with Crippen LogP contribution in [0.25, 0.3) is 0 Å². The standard InChI is InChI=1S/C25H35N5O3/c1-5-28(24(32)21-16-22(18-6-7-18)30(27-21)25(2,3)4)17-23(31)26-19-8-10-20(11-9-19)29-12-14-33-15-13-29/h8-11,16,18H,5-7,12-15,17H2,1-4H3,(H,26,31). The van der Waals surface area contributed by atoms with Crippen molar-refractivity contribution in [2.75, 3.05) is 49.6 Å². The Morgan fingerprint density at radius 1 is 1.15 bits per heavy atom. The zero-order chi connectivity index (χ0) is 23.6. The van der Waals surface area contributed by atoms with Crippen molar-refractivity contribution in [2.45, 2.75) is 52.0 Å². The smallest absolute Gasteiger partial charge is 0.274 e. The van der Waals surface area contributed by atoms with Gasteiger partial charge in [0, 0.05) is 42.6 Å². The van der Waals surface area contributed by atoms with E-state index in [4.69, 9.17) is 4.74 Å². The Bertz CT molecular complexity index is 982. The van der Waals surface area contributed by atoms with Gasteiger partial charge >= 0.3 is 0 Å². The molecule has 0 unspecified atom stereocenters. The predicted molar refractivity (Wildman–Crippen MR) is 129 cm³/mol. The van der Waals surface area contributed by atoms with E-state index in [-0.39, 0.29) is 23.9 Å². The van der Waals surface area contributed by atoms with Crippen molar-refractivity contribution in [1.29, 1.82) is 0 Å². The monoisotopic (exact) mass is 453 g/mol. The summed E-state index contributed by atoms with van der Waals surface area (Å²) in [6, 6.07) is 9.71. The second-order valence-electron chi connectivity index (χ2n) is 9.83. The van der Waals surface area contributed by atoms with Crippen LogP contribution in [-0.4, -0.2) is 65.9 Å². The summed E-state index contributed by atoms with van der Waals surface area (Å²) in [4.78, 5) is 29.7. The predicted octanol–water partition coefficient (Wildman–Crippen LogP) is 3.45. The van der Waals surface area contributed by atoms with Gasteiger partial charge in [0.1, 0.15) is 6.54 Å². The van der Waals surface area contributed by atoms with Crippen molar-refractivity contribution in [1.82, 2.24) is 14.7 Å². The number of likely N-dealkylation sites (N-methyl/N-ethyl adjacent to an activating group) is 1. The fourth-order valence-electron chi connectivity index (χ4n) is 4.15. The molecule has 0 spiro atoms. The molecule has 2 aliphatic rings. The number of anilines is 2. The van der Waals surface area contributed by atoms with Crippen molar-refractivity contribution in [3.05, 3.63) is 41.7 Å². The van der Waals surface area contributed by atoms with Gasteiger partial charge in [-0.25, -0.2) is 0 Å². The summed E-state index contributed by atoms with van der Waals surface area (Å²) in [5.74, 6) is 0.0549. The number of benzene rings is 1. The first kappa shape index (κ1) is 23.3.